The Hall–Kier alpha value is -2.96. The standard InChI is InChI=1S/C21H19F3N2O2/c1-12-14-9-10-26(17-8-7-13(27-2)11-18(17)28-3)20(14)15-5-4-6-16(19(15)25-12)21(22,23)24/h4-8,11H,9-10H2,1-3H3. The molecule has 3 aromatic rings. The Morgan fingerprint density at radius 1 is 1.07 bits per heavy atom. The van der Waals surface area contributed by atoms with Crippen LogP contribution in [-0.4, -0.2) is 25.7 Å². The highest BCUT2D eigenvalue weighted by atomic mass is 19.4. The quantitative estimate of drug-likeness (QED) is 0.612. The molecule has 0 aliphatic carbocycles. The first-order valence-electron chi connectivity index (χ1n) is 8.84. The van der Waals surface area contributed by atoms with Gasteiger partial charge >= 0.3 is 6.18 Å². The smallest absolute Gasteiger partial charge is 0.418 e. The van der Waals surface area contributed by atoms with Crippen molar-refractivity contribution in [1.82, 2.24) is 4.98 Å². The maximum Gasteiger partial charge on any atom is 0.418 e. The number of anilines is 2. The van der Waals surface area contributed by atoms with Crippen LogP contribution in [-0.2, 0) is 12.6 Å². The van der Waals surface area contributed by atoms with Crippen LogP contribution in [0.25, 0.3) is 10.9 Å². The molecule has 4 rings (SSSR count). The average Bonchev–Trinajstić information content (AvgIpc) is 3.12. The second kappa shape index (κ2) is 6.58. The van der Waals surface area contributed by atoms with Crippen LogP contribution in [0.1, 0.15) is 16.8 Å². The highest BCUT2D eigenvalue weighted by Crippen LogP contribution is 2.46. The van der Waals surface area contributed by atoms with E-state index in [0.29, 0.717) is 35.5 Å². The first kappa shape index (κ1) is 18.4. The van der Waals surface area contributed by atoms with Crippen LogP contribution in [0.4, 0.5) is 24.5 Å². The number of alkyl halides is 3. The number of methoxy groups -OCH3 is 2. The molecule has 0 saturated heterocycles. The normalized spacial score (nSPS) is 13.7. The Morgan fingerprint density at radius 2 is 1.86 bits per heavy atom. The summed E-state index contributed by atoms with van der Waals surface area (Å²) in [6.07, 6.45) is -3.76. The molecule has 0 atom stereocenters. The Kier molecular flexibility index (Phi) is 4.33. The molecule has 1 aromatic heterocycles. The van der Waals surface area contributed by atoms with Gasteiger partial charge in [0.1, 0.15) is 11.5 Å². The van der Waals surface area contributed by atoms with Crippen molar-refractivity contribution in [3.8, 4) is 11.5 Å². The summed E-state index contributed by atoms with van der Waals surface area (Å²) in [7, 11) is 3.13. The number of benzene rings is 2. The van der Waals surface area contributed by atoms with Gasteiger partial charge < -0.3 is 14.4 Å². The third-order valence-electron chi connectivity index (χ3n) is 5.13. The van der Waals surface area contributed by atoms with Crippen molar-refractivity contribution < 1.29 is 22.6 Å². The van der Waals surface area contributed by atoms with Crippen LogP contribution in [0, 0.1) is 6.92 Å². The Labute approximate surface area is 160 Å². The van der Waals surface area contributed by atoms with Crippen molar-refractivity contribution in [2.24, 2.45) is 0 Å². The molecule has 0 fully saturated rings. The molecule has 0 spiro atoms. The van der Waals surface area contributed by atoms with Crippen LogP contribution in [0.2, 0.25) is 0 Å². The predicted octanol–water partition coefficient (Wildman–Crippen LogP) is 5.27. The average molecular weight is 388 g/mol. The SMILES string of the molecule is COc1ccc(N2CCc3c(C)nc4c(C(F)(F)F)cccc4c32)c(OC)c1. The Morgan fingerprint density at radius 3 is 2.54 bits per heavy atom. The van der Waals surface area contributed by atoms with E-state index < -0.39 is 11.7 Å². The molecule has 2 aromatic carbocycles. The van der Waals surface area contributed by atoms with Crippen molar-refractivity contribution in [3.05, 3.63) is 53.2 Å². The molecule has 7 heteroatoms. The molecule has 146 valence electrons. The lowest BCUT2D eigenvalue weighted by Crippen LogP contribution is -2.15. The topological polar surface area (TPSA) is 34.6 Å². The maximum atomic E-state index is 13.5. The third kappa shape index (κ3) is 2.82. The van der Waals surface area contributed by atoms with Crippen molar-refractivity contribution in [3.63, 3.8) is 0 Å². The number of hydrogen-bond donors (Lipinski definition) is 0. The second-order valence-corrected chi connectivity index (χ2v) is 6.66. The van der Waals surface area contributed by atoms with Crippen LogP contribution >= 0.6 is 0 Å². The van der Waals surface area contributed by atoms with Crippen molar-refractivity contribution in [1.29, 1.82) is 0 Å². The van der Waals surface area contributed by atoms with E-state index in [2.05, 4.69) is 4.98 Å². The summed E-state index contributed by atoms with van der Waals surface area (Å²) >= 11 is 0. The first-order chi connectivity index (χ1) is 13.3. The van der Waals surface area contributed by atoms with Crippen molar-refractivity contribution in [2.45, 2.75) is 19.5 Å². The van der Waals surface area contributed by atoms with E-state index in [0.717, 1.165) is 23.0 Å². The molecule has 0 amide bonds. The van der Waals surface area contributed by atoms with Crippen LogP contribution in [0.3, 0.4) is 0 Å². The number of pyridine rings is 1. The van der Waals surface area contributed by atoms with Gasteiger partial charge in [-0.25, -0.2) is 0 Å². The van der Waals surface area contributed by atoms with Crippen molar-refractivity contribution >= 4 is 22.3 Å². The van der Waals surface area contributed by atoms with E-state index in [4.69, 9.17) is 9.47 Å². The summed E-state index contributed by atoms with van der Waals surface area (Å²) in [5.74, 6) is 1.25. The summed E-state index contributed by atoms with van der Waals surface area (Å²) in [5, 5.41) is 0.491. The first-order valence-corrected chi connectivity index (χ1v) is 8.84. The summed E-state index contributed by atoms with van der Waals surface area (Å²) < 4.78 is 51.4. The van der Waals surface area contributed by atoms with Gasteiger partial charge in [-0.1, -0.05) is 12.1 Å². The van der Waals surface area contributed by atoms with Gasteiger partial charge in [-0.3, -0.25) is 4.98 Å². The molecule has 0 N–H and O–H groups in total. The number of para-hydroxylation sites is 1. The summed E-state index contributed by atoms with van der Waals surface area (Å²) in [5.41, 5.74) is 2.39. The summed E-state index contributed by atoms with van der Waals surface area (Å²) in [6, 6.07) is 9.66. The van der Waals surface area contributed by atoms with E-state index in [1.165, 1.54) is 6.07 Å². The number of aryl methyl sites for hydroxylation is 1. The maximum absolute atomic E-state index is 13.5. The molecule has 0 bridgehead atoms. The monoisotopic (exact) mass is 388 g/mol. The highest BCUT2D eigenvalue weighted by molar-refractivity contribution is 5.99. The van der Waals surface area contributed by atoms with E-state index in [-0.39, 0.29) is 5.52 Å². The molecular formula is C21H19F3N2O2. The molecule has 0 radical (unpaired) electrons. The number of halogens is 3. The van der Waals surface area contributed by atoms with Crippen LogP contribution in [0.5, 0.6) is 11.5 Å². The van der Waals surface area contributed by atoms with Gasteiger partial charge in [-0.05, 0) is 37.1 Å². The fourth-order valence-electron chi connectivity index (χ4n) is 3.84. The van der Waals surface area contributed by atoms with E-state index >= 15 is 0 Å². The number of fused-ring (bicyclic) bond motifs is 3. The fraction of sp³-hybridized carbons (Fsp3) is 0.286. The fourth-order valence-corrected chi connectivity index (χ4v) is 3.84. The summed E-state index contributed by atoms with van der Waals surface area (Å²) in [4.78, 5) is 6.32. The molecule has 1 aliphatic rings. The molecule has 4 nitrogen and oxygen atoms in total. The molecule has 28 heavy (non-hydrogen) atoms. The van der Waals surface area contributed by atoms with Gasteiger partial charge in [0.2, 0.25) is 0 Å². The number of ether oxygens (including phenoxy) is 2. The van der Waals surface area contributed by atoms with Gasteiger partial charge in [0.15, 0.2) is 0 Å². The number of aromatic nitrogens is 1. The minimum atomic E-state index is -4.46. The minimum Gasteiger partial charge on any atom is -0.497 e. The van der Waals surface area contributed by atoms with Crippen LogP contribution in [0.15, 0.2) is 36.4 Å². The second-order valence-electron chi connectivity index (χ2n) is 6.66. The van der Waals surface area contributed by atoms with E-state index in [1.807, 2.05) is 17.0 Å². The van der Waals surface area contributed by atoms with E-state index in [9.17, 15) is 13.2 Å². The highest BCUT2D eigenvalue weighted by Gasteiger charge is 2.35. The van der Waals surface area contributed by atoms with Gasteiger partial charge in [0.05, 0.1) is 36.7 Å². The molecule has 0 unspecified atom stereocenters. The lowest BCUT2D eigenvalue weighted by atomic mass is 10.0. The predicted molar refractivity (Wildman–Crippen MR) is 102 cm³/mol. The van der Waals surface area contributed by atoms with Gasteiger partial charge in [-0.15, -0.1) is 0 Å². The van der Waals surface area contributed by atoms with Crippen LogP contribution < -0.4 is 14.4 Å². The van der Waals surface area contributed by atoms with Gasteiger partial charge in [0.25, 0.3) is 0 Å². The van der Waals surface area contributed by atoms with Gasteiger partial charge in [-0.2, -0.15) is 13.2 Å². The van der Waals surface area contributed by atoms with E-state index in [1.54, 1.807) is 33.3 Å². The zero-order valence-corrected chi connectivity index (χ0v) is 15.7. The number of hydrogen-bond acceptors (Lipinski definition) is 4. The largest absolute Gasteiger partial charge is 0.497 e. The molecular weight excluding hydrogens is 369 g/mol. The minimum absolute atomic E-state index is 0.0226. The molecule has 2 heterocycles. The van der Waals surface area contributed by atoms with Gasteiger partial charge in [0, 0.05) is 23.7 Å². The number of rotatable bonds is 3. The Balaban J connectivity index is 1.98. The Bertz CT molecular complexity index is 1060. The zero-order valence-electron chi connectivity index (χ0n) is 15.7. The molecule has 0 saturated carbocycles. The lowest BCUT2D eigenvalue weighted by Gasteiger charge is -2.24. The molecule has 1 aliphatic heterocycles. The third-order valence-corrected chi connectivity index (χ3v) is 5.13. The van der Waals surface area contributed by atoms with Crippen molar-refractivity contribution in [2.75, 3.05) is 25.7 Å². The zero-order chi connectivity index (χ0) is 20.1. The lowest BCUT2D eigenvalue weighted by molar-refractivity contribution is -0.136. The summed E-state index contributed by atoms with van der Waals surface area (Å²) in [6.45, 7) is 2.40. The number of nitrogens with zero attached hydrogens (tertiary/aromatic N) is 2.